The van der Waals surface area contributed by atoms with Crippen molar-refractivity contribution in [1.82, 2.24) is 0 Å². The van der Waals surface area contributed by atoms with Crippen LogP contribution in [0.25, 0.3) is 0 Å². The van der Waals surface area contributed by atoms with E-state index in [2.05, 4.69) is 5.92 Å². The van der Waals surface area contributed by atoms with Gasteiger partial charge in [0, 0.05) is 5.92 Å². The summed E-state index contributed by atoms with van der Waals surface area (Å²) in [5, 5.41) is 9.50. The highest BCUT2D eigenvalue weighted by molar-refractivity contribution is 5.05. The SMILES string of the molecule is C#CC(O)C(C1CC1)C1CC1. The summed E-state index contributed by atoms with van der Waals surface area (Å²) in [7, 11) is 0. The summed E-state index contributed by atoms with van der Waals surface area (Å²) >= 11 is 0. The lowest BCUT2D eigenvalue weighted by molar-refractivity contribution is 0.132. The Morgan fingerprint density at radius 2 is 1.64 bits per heavy atom. The minimum absolute atomic E-state index is 0.444. The third kappa shape index (κ3) is 1.41. The van der Waals surface area contributed by atoms with Gasteiger partial charge in [0.1, 0.15) is 6.10 Å². The topological polar surface area (TPSA) is 20.2 Å². The average molecular weight is 150 g/mol. The van der Waals surface area contributed by atoms with Crippen LogP contribution in [0.15, 0.2) is 0 Å². The Morgan fingerprint density at radius 3 is 1.91 bits per heavy atom. The van der Waals surface area contributed by atoms with Crippen LogP contribution >= 0.6 is 0 Å². The first kappa shape index (κ1) is 7.18. The van der Waals surface area contributed by atoms with E-state index >= 15 is 0 Å². The fraction of sp³-hybridized carbons (Fsp3) is 0.800. The monoisotopic (exact) mass is 150 g/mol. The van der Waals surface area contributed by atoms with E-state index in [0.717, 1.165) is 11.8 Å². The van der Waals surface area contributed by atoms with E-state index < -0.39 is 6.10 Å². The normalized spacial score (nSPS) is 26.6. The molecule has 1 heteroatoms. The Bertz CT molecular complexity index is 172. The lowest BCUT2D eigenvalue weighted by atomic mass is 9.92. The van der Waals surface area contributed by atoms with Crippen molar-refractivity contribution in [2.24, 2.45) is 17.8 Å². The third-order valence-electron chi connectivity index (χ3n) is 2.87. The largest absolute Gasteiger partial charge is 0.380 e. The molecule has 2 saturated carbocycles. The van der Waals surface area contributed by atoms with Gasteiger partial charge in [-0.05, 0) is 37.5 Å². The lowest BCUT2D eigenvalue weighted by Gasteiger charge is -2.17. The van der Waals surface area contributed by atoms with E-state index in [1.165, 1.54) is 25.7 Å². The predicted octanol–water partition coefficient (Wildman–Crippen LogP) is 1.42. The Hall–Kier alpha value is -0.480. The summed E-state index contributed by atoms with van der Waals surface area (Å²) in [5.74, 6) is 4.42. The quantitative estimate of drug-likeness (QED) is 0.603. The molecular weight excluding hydrogens is 136 g/mol. The molecule has 11 heavy (non-hydrogen) atoms. The van der Waals surface area contributed by atoms with Crippen molar-refractivity contribution in [1.29, 1.82) is 0 Å². The van der Waals surface area contributed by atoms with Crippen molar-refractivity contribution in [3.8, 4) is 12.3 Å². The summed E-state index contributed by atoms with van der Waals surface area (Å²) < 4.78 is 0. The van der Waals surface area contributed by atoms with Gasteiger partial charge in [0.2, 0.25) is 0 Å². The molecule has 0 aliphatic heterocycles. The van der Waals surface area contributed by atoms with Crippen LogP contribution in [0.5, 0.6) is 0 Å². The van der Waals surface area contributed by atoms with Crippen molar-refractivity contribution in [3.05, 3.63) is 0 Å². The van der Waals surface area contributed by atoms with Crippen LogP contribution in [0, 0.1) is 30.1 Å². The van der Waals surface area contributed by atoms with E-state index in [1.807, 2.05) is 0 Å². The Balaban J connectivity index is 1.97. The molecule has 60 valence electrons. The fourth-order valence-electron chi connectivity index (χ4n) is 1.97. The lowest BCUT2D eigenvalue weighted by Crippen LogP contribution is -2.22. The second-order valence-corrected chi connectivity index (χ2v) is 3.86. The number of aliphatic hydroxyl groups excluding tert-OH is 1. The summed E-state index contributed by atoms with van der Waals surface area (Å²) in [6, 6.07) is 0. The minimum atomic E-state index is -0.463. The Kier molecular flexibility index (Phi) is 1.65. The summed E-state index contributed by atoms with van der Waals surface area (Å²) in [5.41, 5.74) is 0. The molecule has 0 aromatic carbocycles. The van der Waals surface area contributed by atoms with Crippen LogP contribution in [0.2, 0.25) is 0 Å². The molecule has 0 heterocycles. The first-order valence-corrected chi connectivity index (χ1v) is 4.47. The molecule has 2 fully saturated rings. The number of hydrogen-bond donors (Lipinski definition) is 1. The molecule has 1 atom stereocenters. The fourth-order valence-corrected chi connectivity index (χ4v) is 1.97. The molecule has 1 N–H and O–H groups in total. The zero-order chi connectivity index (χ0) is 7.84. The number of hydrogen-bond acceptors (Lipinski definition) is 1. The maximum Gasteiger partial charge on any atom is 0.117 e. The number of aliphatic hydroxyl groups is 1. The van der Waals surface area contributed by atoms with Gasteiger partial charge in [-0.3, -0.25) is 0 Å². The molecular formula is C10H14O. The highest BCUT2D eigenvalue weighted by Gasteiger charge is 2.44. The van der Waals surface area contributed by atoms with Crippen molar-refractivity contribution in [2.45, 2.75) is 31.8 Å². The number of rotatable bonds is 3. The van der Waals surface area contributed by atoms with Crippen LogP contribution in [0.4, 0.5) is 0 Å². The summed E-state index contributed by atoms with van der Waals surface area (Å²) in [6.07, 6.45) is 9.91. The van der Waals surface area contributed by atoms with Crippen LogP contribution in [-0.4, -0.2) is 11.2 Å². The third-order valence-corrected chi connectivity index (χ3v) is 2.87. The Morgan fingerprint density at radius 1 is 1.18 bits per heavy atom. The predicted molar refractivity (Wildman–Crippen MR) is 43.8 cm³/mol. The van der Waals surface area contributed by atoms with Crippen LogP contribution in [0.3, 0.4) is 0 Å². The van der Waals surface area contributed by atoms with Crippen molar-refractivity contribution in [2.75, 3.05) is 0 Å². The van der Waals surface area contributed by atoms with E-state index in [-0.39, 0.29) is 0 Å². The standard InChI is InChI=1S/C10H14O/c1-2-9(11)10(7-3-4-7)8-5-6-8/h1,7-11H,3-6H2. The van der Waals surface area contributed by atoms with Gasteiger partial charge in [0.25, 0.3) is 0 Å². The van der Waals surface area contributed by atoms with Crippen LogP contribution < -0.4 is 0 Å². The molecule has 2 aliphatic rings. The zero-order valence-electron chi connectivity index (χ0n) is 6.66. The molecule has 1 unspecified atom stereocenters. The minimum Gasteiger partial charge on any atom is -0.380 e. The molecule has 0 spiro atoms. The van der Waals surface area contributed by atoms with Gasteiger partial charge >= 0.3 is 0 Å². The van der Waals surface area contributed by atoms with E-state index in [4.69, 9.17) is 6.42 Å². The molecule has 0 aromatic rings. The molecule has 0 radical (unpaired) electrons. The van der Waals surface area contributed by atoms with Gasteiger partial charge < -0.3 is 5.11 Å². The first-order chi connectivity index (χ1) is 5.33. The molecule has 0 saturated heterocycles. The first-order valence-electron chi connectivity index (χ1n) is 4.47. The van der Waals surface area contributed by atoms with E-state index in [0.29, 0.717) is 5.92 Å². The van der Waals surface area contributed by atoms with Gasteiger partial charge in [0.15, 0.2) is 0 Å². The van der Waals surface area contributed by atoms with Gasteiger partial charge in [-0.1, -0.05) is 5.92 Å². The second-order valence-electron chi connectivity index (χ2n) is 3.86. The highest BCUT2D eigenvalue weighted by atomic mass is 16.3. The second kappa shape index (κ2) is 2.53. The van der Waals surface area contributed by atoms with Crippen LogP contribution in [-0.2, 0) is 0 Å². The molecule has 0 aromatic heterocycles. The van der Waals surface area contributed by atoms with Gasteiger partial charge in [-0.2, -0.15) is 0 Å². The average Bonchev–Trinajstić information content (AvgIpc) is 2.81. The highest BCUT2D eigenvalue weighted by Crippen LogP contribution is 2.50. The molecule has 0 bridgehead atoms. The van der Waals surface area contributed by atoms with Crippen molar-refractivity contribution in [3.63, 3.8) is 0 Å². The molecule has 1 nitrogen and oxygen atoms in total. The van der Waals surface area contributed by atoms with E-state index in [9.17, 15) is 5.11 Å². The number of terminal acetylenes is 1. The summed E-state index contributed by atoms with van der Waals surface area (Å²) in [4.78, 5) is 0. The van der Waals surface area contributed by atoms with Crippen molar-refractivity contribution >= 4 is 0 Å². The molecule has 0 amide bonds. The van der Waals surface area contributed by atoms with Crippen LogP contribution in [0.1, 0.15) is 25.7 Å². The van der Waals surface area contributed by atoms with Gasteiger partial charge in [-0.25, -0.2) is 0 Å². The molecule has 2 rings (SSSR count). The van der Waals surface area contributed by atoms with Crippen molar-refractivity contribution < 1.29 is 5.11 Å². The van der Waals surface area contributed by atoms with Gasteiger partial charge in [0.05, 0.1) is 0 Å². The Labute approximate surface area is 67.8 Å². The van der Waals surface area contributed by atoms with Gasteiger partial charge in [-0.15, -0.1) is 6.42 Å². The van der Waals surface area contributed by atoms with E-state index in [1.54, 1.807) is 0 Å². The maximum atomic E-state index is 9.50. The summed E-state index contributed by atoms with van der Waals surface area (Å²) in [6.45, 7) is 0. The molecule has 2 aliphatic carbocycles. The smallest absolute Gasteiger partial charge is 0.117 e. The maximum absolute atomic E-state index is 9.50. The zero-order valence-corrected chi connectivity index (χ0v) is 6.66.